The maximum absolute atomic E-state index is 11.9. The number of piperidine rings is 1. The van der Waals surface area contributed by atoms with Gasteiger partial charge in [0.2, 0.25) is 5.91 Å². The summed E-state index contributed by atoms with van der Waals surface area (Å²) in [5.41, 5.74) is 12.5. The third kappa shape index (κ3) is 5.26. The number of rotatable bonds is 6. The molecule has 1 aromatic heterocycles. The number of carbonyl (C=O) groups is 1. The molecule has 3 N–H and O–H groups in total. The Labute approximate surface area is 233 Å². The standard InChI is InChI=1S/C32H33N5O3/c33-20-24-18-23(6-9-31(24)40-26-10-12-37(13-11-26)32(38)21-34)27-2-1-3-29-28(27)19-30(35-29)22-4-7-25(8-5-22)36-14-16-39-17-15-36/h1-9,18-19,26,35H,10-17,21,34H2. The first-order valence-electron chi connectivity index (χ1n) is 13.9. The van der Waals surface area contributed by atoms with E-state index >= 15 is 0 Å². The van der Waals surface area contributed by atoms with Gasteiger partial charge in [-0.3, -0.25) is 4.79 Å². The minimum absolute atomic E-state index is 0.0299. The molecule has 0 saturated carbocycles. The molecule has 8 heteroatoms. The number of aromatic nitrogens is 1. The van der Waals surface area contributed by atoms with Crippen LogP contribution in [0.25, 0.3) is 33.3 Å². The molecule has 0 bridgehead atoms. The van der Waals surface area contributed by atoms with Gasteiger partial charge in [0.05, 0.1) is 25.3 Å². The van der Waals surface area contributed by atoms with Crippen LogP contribution in [0, 0.1) is 11.3 Å². The van der Waals surface area contributed by atoms with Crippen LogP contribution in [0.2, 0.25) is 0 Å². The van der Waals surface area contributed by atoms with Crippen molar-refractivity contribution >= 4 is 22.5 Å². The van der Waals surface area contributed by atoms with Crippen molar-refractivity contribution in [1.82, 2.24) is 9.88 Å². The second-order valence-electron chi connectivity index (χ2n) is 10.3. The van der Waals surface area contributed by atoms with Gasteiger partial charge in [-0.1, -0.05) is 30.3 Å². The van der Waals surface area contributed by atoms with Crippen molar-refractivity contribution in [2.24, 2.45) is 5.73 Å². The predicted octanol–water partition coefficient (Wildman–Crippen LogP) is 4.54. The summed E-state index contributed by atoms with van der Waals surface area (Å²) in [6, 6.07) is 25.2. The maximum atomic E-state index is 11.9. The monoisotopic (exact) mass is 535 g/mol. The molecule has 0 aliphatic carbocycles. The Morgan fingerprint density at radius 3 is 2.48 bits per heavy atom. The molecule has 0 atom stereocenters. The molecular formula is C32H33N5O3. The summed E-state index contributed by atoms with van der Waals surface area (Å²) < 4.78 is 11.7. The average Bonchev–Trinajstić information content (AvgIpc) is 3.46. The van der Waals surface area contributed by atoms with E-state index in [-0.39, 0.29) is 18.6 Å². The minimum Gasteiger partial charge on any atom is -0.489 e. The number of fused-ring (bicyclic) bond motifs is 1. The van der Waals surface area contributed by atoms with Crippen LogP contribution in [0.3, 0.4) is 0 Å². The number of H-pyrrole nitrogens is 1. The Balaban J connectivity index is 1.22. The van der Waals surface area contributed by atoms with E-state index in [2.05, 4.69) is 58.4 Å². The van der Waals surface area contributed by atoms with E-state index in [1.165, 1.54) is 5.69 Å². The van der Waals surface area contributed by atoms with Crippen LogP contribution in [-0.2, 0) is 9.53 Å². The molecule has 2 saturated heterocycles. The van der Waals surface area contributed by atoms with E-state index in [0.29, 0.717) is 24.4 Å². The van der Waals surface area contributed by atoms with Gasteiger partial charge in [-0.05, 0) is 53.1 Å². The van der Waals surface area contributed by atoms with Gasteiger partial charge in [0.1, 0.15) is 17.9 Å². The van der Waals surface area contributed by atoms with Crippen LogP contribution in [-0.4, -0.2) is 67.8 Å². The molecule has 6 rings (SSSR count). The van der Waals surface area contributed by atoms with E-state index < -0.39 is 0 Å². The Morgan fingerprint density at radius 1 is 1.00 bits per heavy atom. The first-order chi connectivity index (χ1) is 19.6. The lowest BCUT2D eigenvalue weighted by molar-refractivity contribution is -0.131. The van der Waals surface area contributed by atoms with Crippen LogP contribution in [0.15, 0.2) is 66.7 Å². The molecule has 1 amide bonds. The van der Waals surface area contributed by atoms with E-state index in [1.807, 2.05) is 24.3 Å². The minimum atomic E-state index is -0.0370. The number of anilines is 1. The van der Waals surface area contributed by atoms with Crippen molar-refractivity contribution in [2.75, 3.05) is 50.8 Å². The third-order valence-electron chi connectivity index (χ3n) is 7.89. The van der Waals surface area contributed by atoms with E-state index in [9.17, 15) is 10.1 Å². The summed E-state index contributed by atoms with van der Waals surface area (Å²) in [7, 11) is 0. The summed E-state index contributed by atoms with van der Waals surface area (Å²) in [5.74, 6) is 0.546. The molecular weight excluding hydrogens is 502 g/mol. The van der Waals surface area contributed by atoms with E-state index in [0.717, 1.165) is 72.4 Å². The predicted molar refractivity (Wildman–Crippen MR) is 156 cm³/mol. The largest absolute Gasteiger partial charge is 0.489 e. The number of aromatic amines is 1. The van der Waals surface area contributed by atoms with Crippen molar-refractivity contribution in [3.05, 3.63) is 72.3 Å². The van der Waals surface area contributed by atoms with Crippen LogP contribution >= 0.6 is 0 Å². The summed E-state index contributed by atoms with van der Waals surface area (Å²) >= 11 is 0. The van der Waals surface area contributed by atoms with Crippen molar-refractivity contribution < 1.29 is 14.3 Å². The number of nitrogens with two attached hydrogens (primary N) is 1. The van der Waals surface area contributed by atoms with Gasteiger partial charge in [0, 0.05) is 61.3 Å². The van der Waals surface area contributed by atoms with Gasteiger partial charge in [0.25, 0.3) is 0 Å². The third-order valence-corrected chi connectivity index (χ3v) is 7.89. The quantitative estimate of drug-likeness (QED) is 0.375. The zero-order valence-corrected chi connectivity index (χ0v) is 22.4. The zero-order valence-electron chi connectivity index (χ0n) is 22.4. The molecule has 3 heterocycles. The fourth-order valence-electron chi connectivity index (χ4n) is 5.66. The highest BCUT2D eigenvalue weighted by Crippen LogP contribution is 2.35. The Morgan fingerprint density at radius 2 is 1.75 bits per heavy atom. The second kappa shape index (κ2) is 11.4. The molecule has 40 heavy (non-hydrogen) atoms. The number of carbonyl (C=O) groups excluding carboxylic acids is 1. The Hall–Kier alpha value is -4.32. The molecule has 0 spiro atoms. The van der Waals surface area contributed by atoms with Crippen LogP contribution in [0.5, 0.6) is 5.75 Å². The Bertz CT molecular complexity index is 1540. The van der Waals surface area contributed by atoms with E-state index in [4.69, 9.17) is 15.2 Å². The van der Waals surface area contributed by atoms with Gasteiger partial charge < -0.3 is 30.0 Å². The number of hydrogen-bond acceptors (Lipinski definition) is 6. The lowest BCUT2D eigenvalue weighted by Crippen LogP contribution is -2.44. The van der Waals surface area contributed by atoms with Gasteiger partial charge in [-0.25, -0.2) is 0 Å². The highest BCUT2D eigenvalue weighted by atomic mass is 16.5. The zero-order chi connectivity index (χ0) is 27.5. The Kier molecular flexibility index (Phi) is 7.41. The molecule has 2 aliphatic heterocycles. The first-order valence-corrected chi connectivity index (χ1v) is 13.9. The summed E-state index contributed by atoms with van der Waals surface area (Å²) in [6.07, 6.45) is 1.40. The SMILES string of the molecule is N#Cc1cc(-c2cccc3[nH]c(-c4ccc(N5CCOCC5)cc4)cc23)ccc1OC1CCN(C(=O)CN)CC1. The highest BCUT2D eigenvalue weighted by molar-refractivity contribution is 5.98. The molecule has 0 unspecified atom stereocenters. The summed E-state index contributed by atoms with van der Waals surface area (Å²) in [5, 5.41) is 11.0. The van der Waals surface area contributed by atoms with E-state index in [1.54, 1.807) is 4.90 Å². The maximum Gasteiger partial charge on any atom is 0.236 e. The van der Waals surface area contributed by atoms with Crippen LogP contribution < -0.4 is 15.4 Å². The average molecular weight is 536 g/mol. The number of nitrogens with one attached hydrogen (secondary N) is 1. The van der Waals surface area contributed by atoms with Crippen molar-refractivity contribution in [2.45, 2.75) is 18.9 Å². The summed E-state index contributed by atoms with van der Waals surface area (Å²) in [6.45, 7) is 4.64. The smallest absolute Gasteiger partial charge is 0.236 e. The fourth-order valence-corrected chi connectivity index (χ4v) is 5.66. The number of likely N-dealkylation sites (tertiary alicyclic amines) is 1. The topological polar surface area (TPSA) is 108 Å². The van der Waals surface area contributed by atoms with Gasteiger partial charge >= 0.3 is 0 Å². The first kappa shape index (κ1) is 25.9. The molecule has 8 nitrogen and oxygen atoms in total. The van der Waals surface area contributed by atoms with Crippen molar-refractivity contribution in [3.63, 3.8) is 0 Å². The van der Waals surface area contributed by atoms with Gasteiger partial charge in [-0.15, -0.1) is 0 Å². The number of morpholine rings is 1. The number of benzene rings is 3. The van der Waals surface area contributed by atoms with Crippen LogP contribution in [0.1, 0.15) is 18.4 Å². The number of nitrogens with zero attached hydrogens (tertiary/aromatic N) is 3. The van der Waals surface area contributed by atoms with Gasteiger partial charge in [0.15, 0.2) is 0 Å². The second-order valence-corrected chi connectivity index (χ2v) is 10.3. The molecule has 0 radical (unpaired) electrons. The molecule has 4 aromatic rings. The number of hydrogen-bond donors (Lipinski definition) is 2. The van der Waals surface area contributed by atoms with Gasteiger partial charge in [-0.2, -0.15) is 5.26 Å². The fraction of sp³-hybridized carbons (Fsp3) is 0.312. The lowest BCUT2D eigenvalue weighted by Gasteiger charge is -2.32. The number of ether oxygens (including phenoxy) is 2. The normalized spacial score (nSPS) is 16.2. The van der Waals surface area contributed by atoms with Crippen LogP contribution in [0.4, 0.5) is 5.69 Å². The molecule has 204 valence electrons. The molecule has 3 aromatic carbocycles. The molecule has 2 aliphatic rings. The van der Waals surface area contributed by atoms with Crippen molar-refractivity contribution in [1.29, 1.82) is 5.26 Å². The number of amides is 1. The lowest BCUT2D eigenvalue weighted by atomic mass is 9.99. The molecule has 2 fully saturated rings. The number of nitriles is 1. The van der Waals surface area contributed by atoms with Crippen molar-refractivity contribution in [3.8, 4) is 34.2 Å². The highest BCUT2D eigenvalue weighted by Gasteiger charge is 2.24. The summed E-state index contributed by atoms with van der Waals surface area (Å²) in [4.78, 5) is 19.6.